The van der Waals surface area contributed by atoms with E-state index in [9.17, 15) is 9.59 Å². The highest BCUT2D eigenvalue weighted by Crippen LogP contribution is 2.56. The topological polar surface area (TPSA) is 81.1 Å². The molecule has 1 aliphatic carbocycles. The van der Waals surface area contributed by atoms with Gasteiger partial charge >= 0.3 is 0 Å². The minimum atomic E-state index is -0.869. The first-order chi connectivity index (χ1) is 21.8. The molecule has 2 unspecified atom stereocenters. The van der Waals surface area contributed by atoms with E-state index in [1.54, 1.807) is 18.3 Å². The molecule has 4 aliphatic heterocycles. The van der Waals surface area contributed by atoms with Crippen molar-refractivity contribution in [2.75, 3.05) is 13.1 Å². The van der Waals surface area contributed by atoms with Crippen molar-refractivity contribution in [2.24, 2.45) is 10.9 Å². The highest BCUT2D eigenvalue weighted by atomic mass is 35.5. The largest absolute Gasteiger partial charge is 0.335 e. The number of nitrogens with zero attached hydrogens (tertiary/aromatic N) is 5. The zero-order valence-electron chi connectivity index (χ0n) is 26.7. The van der Waals surface area contributed by atoms with Crippen LogP contribution in [-0.2, 0) is 15.1 Å². The van der Waals surface area contributed by atoms with E-state index in [1.165, 1.54) is 17.8 Å². The molecule has 2 saturated heterocycles. The van der Waals surface area contributed by atoms with Gasteiger partial charge in [0.05, 0.1) is 11.1 Å². The number of benzene rings is 1. The van der Waals surface area contributed by atoms with E-state index in [0.29, 0.717) is 33.8 Å². The van der Waals surface area contributed by atoms with Gasteiger partial charge in [-0.05, 0) is 87.9 Å². The van der Waals surface area contributed by atoms with Crippen LogP contribution in [0.2, 0.25) is 10.2 Å². The standard InChI is InChI=1S/C34H39Cl2FN6O2S/c1-18(2)27-28(31(45)42-19(3)6-10-25(42)30(44)41-17-34(12-13-34)39-15-20(41)4)46-32-40-33(5,22-8-11-26(36)38-16-22)29(43(27)32)21-7-9-23(35)24(37)14-21/h7-9,11,14,16,18-20,25,29,39H,6,10,12-13,15,17H2,1-5H3/t19-,20+,25?,29?,33+/m1/s1. The highest BCUT2D eigenvalue weighted by molar-refractivity contribution is 8.18. The number of thioether (sulfide) groups is 1. The SMILES string of the molecule is CC(C)C1=C(C(=O)N2C(C(=O)N3CC4(CC4)NC[C@@H]3C)CC[C@H]2C)SC2=N[C@@](C)(c3ccc(Cl)nc3)C(c3ccc(Cl)c(F)c3)N21. The third-order valence-corrected chi connectivity index (χ3v) is 12.0. The van der Waals surface area contributed by atoms with Gasteiger partial charge in [-0.15, -0.1) is 0 Å². The van der Waals surface area contributed by atoms with E-state index < -0.39 is 23.4 Å². The fourth-order valence-electron chi connectivity index (χ4n) is 7.66. The van der Waals surface area contributed by atoms with Crippen LogP contribution in [0.15, 0.2) is 52.1 Å². The van der Waals surface area contributed by atoms with Crippen LogP contribution in [0.4, 0.5) is 4.39 Å². The molecule has 5 atom stereocenters. The number of aliphatic imine (C=N–C) groups is 1. The number of fused-ring (bicyclic) bond motifs is 1. The van der Waals surface area contributed by atoms with Crippen molar-refractivity contribution in [1.29, 1.82) is 0 Å². The molecule has 244 valence electrons. The lowest BCUT2D eigenvalue weighted by molar-refractivity contribution is -0.145. The molecular weight excluding hydrogens is 646 g/mol. The predicted molar refractivity (Wildman–Crippen MR) is 180 cm³/mol. The number of piperazine rings is 1. The zero-order valence-corrected chi connectivity index (χ0v) is 29.0. The van der Waals surface area contributed by atoms with Gasteiger partial charge in [0, 0.05) is 48.2 Å². The molecule has 7 rings (SSSR count). The monoisotopic (exact) mass is 684 g/mol. The van der Waals surface area contributed by atoms with E-state index >= 15 is 4.39 Å². The van der Waals surface area contributed by atoms with E-state index in [-0.39, 0.29) is 40.4 Å². The summed E-state index contributed by atoms with van der Waals surface area (Å²) in [6.07, 6.45) is 5.27. The van der Waals surface area contributed by atoms with Crippen molar-refractivity contribution < 1.29 is 14.0 Å². The molecule has 1 aromatic heterocycles. The van der Waals surface area contributed by atoms with Gasteiger partial charge in [-0.3, -0.25) is 9.59 Å². The molecular formula is C34H39Cl2FN6O2S. The lowest BCUT2D eigenvalue weighted by atomic mass is 9.81. The molecule has 1 aromatic carbocycles. The number of amidine groups is 1. The number of rotatable bonds is 5. The molecule has 46 heavy (non-hydrogen) atoms. The first kappa shape index (κ1) is 31.9. The van der Waals surface area contributed by atoms with Gasteiger partial charge in [-0.2, -0.15) is 0 Å². The number of allylic oxidation sites excluding steroid dienone is 1. The van der Waals surface area contributed by atoms with E-state index in [0.717, 1.165) is 37.1 Å². The molecule has 12 heteroatoms. The van der Waals surface area contributed by atoms with Crippen LogP contribution in [0.5, 0.6) is 0 Å². The Labute approximate surface area is 283 Å². The van der Waals surface area contributed by atoms with Crippen molar-refractivity contribution in [3.05, 3.63) is 74.3 Å². The predicted octanol–water partition coefficient (Wildman–Crippen LogP) is 6.50. The molecule has 3 fully saturated rings. The second-order valence-electron chi connectivity index (χ2n) is 14.0. The van der Waals surface area contributed by atoms with Crippen molar-refractivity contribution in [2.45, 2.75) is 95.5 Å². The second-order valence-corrected chi connectivity index (χ2v) is 15.7. The first-order valence-electron chi connectivity index (χ1n) is 16.1. The normalized spacial score (nSPS) is 30.0. The number of halogens is 3. The maximum atomic E-state index is 15.0. The van der Waals surface area contributed by atoms with Crippen LogP contribution in [0.25, 0.3) is 0 Å². The summed E-state index contributed by atoms with van der Waals surface area (Å²) in [6, 6.07) is 7.43. The third-order valence-electron chi connectivity index (χ3n) is 10.4. The van der Waals surface area contributed by atoms with Crippen LogP contribution < -0.4 is 5.32 Å². The van der Waals surface area contributed by atoms with E-state index in [4.69, 9.17) is 28.2 Å². The van der Waals surface area contributed by atoms with Gasteiger partial charge in [0.25, 0.3) is 5.91 Å². The van der Waals surface area contributed by atoms with Crippen LogP contribution in [0.1, 0.15) is 77.5 Å². The lowest BCUT2D eigenvalue weighted by Gasteiger charge is -2.42. The highest BCUT2D eigenvalue weighted by Gasteiger charge is 2.55. The summed E-state index contributed by atoms with van der Waals surface area (Å²) in [5.74, 6) is -0.693. The summed E-state index contributed by atoms with van der Waals surface area (Å²) in [5.41, 5.74) is 1.48. The molecule has 2 amide bonds. The van der Waals surface area contributed by atoms with Crippen molar-refractivity contribution in [3.8, 4) is 0 Å². The molecule has 8 nitrogen and oxygen atoms in total. The Morgan fingerprint density at radius 3 is 2.52 bits per heavy atom. The van der Waals surface area contributed by atoms with Crippen LogP contribution in [0.3, 0.4) is 0 Å². The van der Waals surface area contributed by atoms with Crippen LogP contribution >= 0.6 is 35.0 Å². The average Bonchev–Trinajstić information content (AvgIpc) is 3.34. The van der Waals surface area contributed by atoms with Crippen LogP contribution in [-0.4, -0.2) is 73.4 Å². The molecule has 5 heterocycles. The second kappa shape index (κ2) is 11.5. The maximum Gasteiger partial charge on any atom is 0.263 e. The summed E-state index contributed by atoms with van der Waals surface area (Å²) in [7, 11) is 0. The number of aromatic nitrogens is 1. The lowest BCUT2D eigenvalue weighted by Crippen LogP contribution is -2.62. The van der Waals surface area contributed by atoms with Gasteiger partial charge in [-0.1, -0.05) is 49.2 Å². The number of amides is 2. The molecule has 0 bridgehead atoms. The van der Waals surface area contributed by atoms with Gasteiger partial charge in [0.1, 0.15) is 27.5 Å². The Bertz CT molecular complexity index is 1660. The van der Waals surface area contributed by atoms with E-state index in [2.05, 4.69) is 36.0 Å². The molecule has 1 spiro atoms. The van der Waals surface area contributed by atoms with E-state index in [1.807, 2.05) is 35.8 Å². The Morgan fingerprint density at radius 2 is 1.87 bits per heavy atom. The first-order valence-corrected chi connectivity index (χ1v) is 17.7. The minimum absolute atomic E-state index is 0.0363. The Morgan fingerprint density at radius 1 is 1.11 bits per heavy atom. The summed E-state index contributed by atoms with van der Waals surface area (Å²) < 4.78 is 15.0. The number of hydrogen-bond donors (Lipinski definition) is 1. The van der Waals surface area contributed by atoms with Crippen molar-refractivity contribution in [3.63, 3.8) is 0 Å². The number of carbonyl (C=O) groups is 2. The fourth-order valence-corrected chi connectivity index (χ4v) is 9.24. The number of likely N-dealkylation sites (tertiary alicyclic amines) is 1. The summed E-state index contributed by atoms with van der Waals surface area (Å²) in [4.78, 5) is 44.9. The zero-order chi connectivity index (χ0) is 32.7. The Hall–Kier alpha value is -2.66. The third kappa shape index (κ3) is 5.15. The minimum Gasteiger partial charge on any atom is -0.335 e. The van der Waals surface area contributed by atoms with Gasteiger partial charge in [-0.25, -0.2) is 14.4 Å². The number of nitrogens with one attached hydrogen (secondary N) is 1. The summed E-state index contributed by atoms with van der Waals surface area (Å²) in [6.45, 7) is 11.7. The van der Waals surface area contributed by atoms with Crippen molar-refractivity contribution in [1.82, 2.24) is 25.0 Å². The summed E-state index contributed by atoms with van der Waals surface area (Å²) >= 11 is 13.6. The fraction of sp³-hybridized carbons (Fsp3) is 0.529. The quantitative estimate of drug-likeness (QED) is 0.362. The molecule has 5 aliphatic rings. The molecule has 0 radical (unpaired) electrons. The van der Waals surface area contributed by atoms with Crippen molar-refractivity contribution >= 4 is 51.9 Å². The molecule has 2 aromatic rings. The average molecular weight is 686 g/mol. The number of pyridine rings is 1. The number of hydrogen-bond acceptors (Lipinski definition) is 7. The molecule has 1 N–H and O–H groups in total. The summed E-state index contributed by atoms with van der Waals surface area (Å²) in [5, 5.41) is 4.68. The number of carbonyl (C=O) groups excluding carboxylic acids is 2. The van der Waals surface area contributed by atoms with Gasteiger partial charge in [0.15, 0.2) is 5.17 Å². The van der Waals surface area contributed by atoms with Crippen LogP contribution in [0, 0.1) is 11.7 Å². The van der Waals surface area contributed by atoms with Gasteiger partial charge in [0.2, 0.25) is 5.91 Å². The molecule has 1 saturated carbocycles. The van der Waals surface area contributed by atoms with Gasteiger partial charge < -0.3 is 20.0 Å². The Balaban J connectivity index is 1.27. The maximum absolute atomic E-state index is 15.0. The Kier molecular flexibility index (Phi) is 7.98. The smallest absolute Gasteiger partial charge is 0.263 e.